The largest absolute Gasteiger partial charge is 0.340 e. The lowest BCUT2D eigenvalue weighted by Gasteiger charge is -2.07. The van der Waals surface area contributed by atoms with Crippen LogP contribution < -0.4 is 5.32 Å². The zero-order chi connectivity index (χ0) is 13.1. The Morgan fingerprint density at radius 1 is 1.17 bits per heavy atom. The van der Waals surface area contributed by atoms with Crippen molar-refractivity contribution in [2.75, 3.05) is 5.32 Å². The van der Waals surface area contributed by atoms with Gasteiger partial charge in [-0.15, -0.1) is 0 Å². The molecule has 6 heteroatoms. The fraction of sp³-hybridized carbons (Fsp3) is 0.167. The Bertz CT molecular complexity index is 575. The molecule has 0 spiro atoms. The van der Waals surface area contributed by atoms with Crippen molar-refractivity contribution in [2.45, 2.75) is 13.3 Å². The van der Waals surface area contributed by atoms with E-state index in [2.05, 4.69) is 15.3 Å². The number of hydrogen-bond acceptors (Lipinski definition) is 3. The van der Waals surface area contributed by atoms with E-state index in [1.165, 1.54) is 12.1 Å². The molecule has 18 heavy (non-hydrogen) atoms. The molecule has 1 heterocycles. The summed E-state index contributed by atoms with van der Waals surface area (Å²) in [4.78, 5) is 8.18. The van der Waals surface area contributed by atoms with Gasteiger partial charge in [-0.05, 0) is 12.1 Å². The molecule has 0 atom stereocenters. The minimum Gasteiger partial charge on any atom is -0.340 e. The van der Waals surface area contributed by atoms with Crippen LogP contribution in [0.2, 0.25) is 5.15 Å². The van der Waals surface area contributed by atoms with Gasteiger partial charge < -0.3 is 5.32 Å². The normalized spacial score (nSPS) is 10.4. The minimum atomic E-state index is -0.920. The first-order valence-electron chi connectivity index (χ1n) is 5.34. The number of aryl methyl sites for hydroxylation is 1. The van der Waals surface area contributed by atoms with Gasteiger partial charge in [-0.3, -0.25) is 0 Å². The maximum absolute atomic E-state index is 13.0. The smallest absolute Gasteiger partial charge is 0.160 e. The van der Waals surface area contributed by atoms with Crippen LogP contribution in [-0.4, -0.2) is 9.97 Å². The average molecular weight is 270 g/mol. The number of rotatable bonds is 3. The number of nitrogens with one attached hydrogen (secondary N) is 1. The Kier molecular flexibility index (Phi) is 3.72. The molecule has 2 aromatic rings. The Balaban J connectivity index is 2.27. The fourth-order valence-corrected chi connectivity index (χ4v) is 1.61. The Hall–Kier alpha value is -1.75. The lowest BCUT2D eigenvalue weighted by molar-refractivity contribution is 0.509. The highest BCUT2D eigenvalue weighted by Crippen LogP contribution is 2.19. The Labute approximate surface area is 108 Å². The van der Waals surface area contributed by atoms with Crippen LogP contribution in [-0.2, 0) is 6.42 Å². The molecule has 3 nitrogen and oxygen atoms in total. The first kappa shape index (κ1) is 12.7. The molecule has 0 fully saturated rings. The van der Waals surface area contributed by atoms with Crippen LogP contribution in [0.5, 0.6) is 0 Å². The molecule has 1 aromatic heterocycles. The average Bonchev–Trinajstić information content (AvgIpc) is 2.33. The highest BCUT2D eigenvalue weighted by molar-refractivity contribution is 6.29. The van der Waals surface area contributed by atoms with Crippen molar-refractivity contribution in [3.8, 4) is 0 Å². The summed E-state index contributed by atoms with van der Waals surface area (Å²) in [7, 11) is 0. The van der Waals surface area contributed by atoms with Gasteiger partial charge in [0.25, 0.3) is 0 Å². The molecule has 1 N–H and O–H groups in total. The number of halogens is 3. The lowest BCUT2D eigenvalue weighted by Crippen LogP contribution is -2.00. The van der Waals surface area contributed by atoms with Crippen LogP contribution in [0.15, 0.2) is 24.3 Å². The molecule has 2 rings (SSSR count). The molecule has 0 aliphatic heterocycles. The summed E-state index contributed by atoms with van der Waals surface area (Å²) in [6, 6.07) is 5.03. The first-order chi connectivity index (χ1) is 8.58. The van der Waals surface area contributed by atoms with Gasteiger partial charge in [-0.1, -0.05) is 18.5 Å². The molecule has 0 unspecified atom stereocenters. The van der Waals surface area contributed by atoms with E-state index in [9.17, 15) is 8.78 Å². The maximum Gasteiger partial charge on any atom is 0.160 e. The second kappa shape index (κ2) is 5.27. The Morgan fingerprint density at radius 2 is 1.94 bits per heavy atom. The molecule has 0 radical (unpaired) electrons. The highest BCUT2D eigenvalue weighted by atomic mass is 35.5. The summed E-state index contributed by atoms with van der Waals surface area (Å²) >= 11 is 5.83. The van der Waals surface area contributed by atoms with E-state index in [1.807, 2.05) is 6.92 Å². The van der Waals surface area contributed by atoms with Crippen LogP contribution >= 0.6 is 11.6 Å². The van der Waals surface area contributed by atoms with Crippen molar-refractivity contribution < 1.29 is 8.78 Å². The van der Waals surface area contributed by atoms with Gasteiger partial charge >= 0.3 is 0 Å². The van der Waals surface area contributed by atoms with Crippen molar-refractivity contribution in [2.24, 2.45) is 0 Å². The topological polar surface area (TPSA) is 37.8 Å². The molecule has 94 valence electrons. The van der Waals surface area contributed by atoms with E-state index in [0.717, 1.165) is 12.1 Å². The molecule has 0 aliphatic carbocycles. The van der Waals surface area contributed by atoms with Crippen LogP contribution in [0.1, 0.15) is 12.7 Å². The summed E-state index contributed by atoms with van der Waals surface area (Å²) in [5, 5.41) is 3.14. The molecular formula is C12H10ClF2N3. The third kappa shape index (κ3) is 2.92. The van der Waals surface area contributed by atoms with Crippen molar-refractivity contribution in [1.29, 1.82) is 0 Å². The predicted molar refractivity (Wildman–Crippen MR) is 66.1 cm³/mol. The van der Waals surface area contributed by atoms with Crippen LogP contribution in [0.25, 0.3) is 0 Å². The zero-order valence-corrected chi connectivity index (χ0v) is 10.3. The van der Waals surface area contributed by atoms with E-state index in [1.54, 1.807) is 0 Å². The van der Waals surface area contributed by atoms with Gasteiger partial charge in [0.2, 0.25) is 0 Å². The molecule has 0 saturated heterocycles. The third-order valence-electron chi connectivity index (χ3n) is 2.25. The van der Waals surface area contributed by atoms with Gasteiger partial charge in [-0.25, -0.2) is 18.7 Å². The number of nitrogens with zero attached hydrogens (tertiary/aromatic N) is 2. The molecule has 0 amide bonds. The molecule has 0 aliphatic rings. The van der Waals surface area contributed by atoms with E-state index < -0.39 is 11.6 Å². The summed E-state index contributed by atoms with van der Waals surface area (Å²) in [6.07, 6.45) is 0.632. The predicted octanol–water partition coefficient (Wildman–Crippen LogP) is 3.71. The molecule has 0 saturated carbocycles. The second-order valence-corrected chi connectivity index (χ2v) is 3.99. The summed E-state index contributed by atoms with van der Waals surface area (Å²) in [5.41, 5.74) is 0.394. The maximum atomic E-state index is 13.0. The molecule has 0 bridgehead atoms. The van der Waals surface area contributed by atoms with E-state index in [4.69, 9.17) is 11.6 Å². The lowest BCUT2D eigenvalue weighted by atomic mass is 10.3. The van der Waals surface area contributed by atoms with Gasteiger partial charge in [-0.2, -0.15) is 0 Å². The number of hydrogen-bond donors (Lipinski definition) is 1. The number of anilines is 2. The van der Waals surface area contributed by atoms with Crippen molar-refractivity contribution >= 4 is 23.1 Å². The third-order valence-corrected chi connectivity index (χ3v) is 2.44. The van der Waals surface area contributed by atoms with Gasteiger partial charge in [0.15, 0.2) is 11.6 Å². The van der Waals surface area contributed by atoms with Crippen LogP contribution in [0.4, 0.5) is 20.3 Å². The standard InChI is InChI=1S/C12H10ClF2N3/c1-2-11-17-10(13)6-12(18-11)16-7-3-4-8(14)9(15)5-7/h3-6H,2H2,1H3,(H,16,17,18). The van der Waals surface area contributed by atoms with Crippen molar-refractivity contribution in [3.63, 3.8) is 0 Å². The van der Waals surface area contributed by atoms with Crippen LogP contribution in [0.3, 0.4) is 0 Å². The van der Waals surface area contributed by atoms with E-state index >= 15 is 0 Å². The SMILES string of the molecule is CCc1nc(Cl)cc(Nc2ccc(F)c(F)c2)n1. The van der Waals surface area contributed by atoms with Crippen molar-refractivity contribution in [1.82, 2.24) is 9.97 Å². The number of benzene rings is 1. The molecular weight excluding hydrogens is 260 g/mol. The van der Waals surface area contributed by atoms with Gasteiger partial charge in [0, 0.05) is 24.2 Å². The van der Waals surface area contributed by atoms with Gasteiger partial charge in [0.05, 0.1) is 0 Å². The monoisotopic (exact) mass is 269 g/mol. The quantitative estimate of drug-likeness (QED) is 0.863. The first-order valence-corrected chi connectivity index (χ1v) is 5.72. The minimum absolute atomic E-state index is 0.298. The fourth-order valence-electron chi connectivity index (χ4n) is 1.41. The van der Waals surface area contributed by atoms with E-state index in [-0.39, 0.29) is 0 Å². The molecule has 1 aromatic carbocycles. The zero-order valence-electron chi connectivity index (χ0n) is 9.54. The number of aromatic nitrogens is 2. The summed E-state index contributed by atoms with van der Waals surface area (Å²) in [5.74, 6) is -0.795. The van der Waals surface area contributed by atoms with Crippen LogP contribution in [0, 0.1) is 11.6 Å². The highest BCUT2D eigenvalue weighted by Gasteiger charge is 2.05. The van der Waals surface area contributed by atoms with Gasteiger partial charge in [0.1, 0.15) is 16.8 Å². The van der Waals surface area contributed by atoms with Crippen molar-refractivity contribution in [3.05, 3.63) is 46.9 Å². The summed E-state index contributed by atoms with van der Waals surface area (Å²) in [6.45, 7) is 1.90. The second-order valence-electron chi connectivity index (χ2n) is 3.60. The Morgan fingerprint density at radius 3 is 2.61 bits per heavy atom. The van der Waals surface area contributed by atoms with E-state index in [0.29, 0.717) is 28.9 Å². The summed E-state index contributed by atoms with van der Waals surface area (Å²) < 4.78 is 25.8.